The number of rotatable bonds is 3. The molecule has 20 heavy (non-hydrogen) atoms. The molecule has 1 aliphatic rings. The first-order valence-electron chi connectivity index (χ1n) is 6.89. The SMILES string of the molecule is c1ccc2c(Cc3nc([C@H]4CCCO4)no3)c[nH]c2c1. The van der Waals surface area contributed by atoms with Gasteiger partial charge in [-0.1, -0.05) is 23.4 Å². The van der Waals surface area contributed by atoms with Gasteiger partial charge < -0.3 is 14.2 Å². The molecule has 1 atom stereocenters. The lowest BCUT2D eigenvalue weighted by atomic mass is 10.1. The van der Waals surface area contributed by atoms with E-state index in [1.54, 1.807) is 0 Å². The van der Waals surface area contributed by atoms with E-state index in [1.807, 2.05) is 18.3 Å². The Balaban J connectivity index is 1.59. The summed E-state index contributed by atoms with van der Waals surface area (Å²) in [5.74, 6) is 1.32. The molecule has 0 bridgehead atoms. The summed E-state index contributed by atoms with van der Waals surface area (Å²) >= 11 is 0. The minimum absolute atomic E-state index is 0.00969. The van der Waals surface area contributed by atoms with Gasteiger partial charge >= 0.3 is 0 Å². The van der Waals surface area contributed by atoms with E-state index in [0.29, 0.717) is 18.1 Å². The van der Waals surface area contributed by atoms with Crippen LogP contribution in [0.4, 0.5) is 0 Å². The maximum absolute atomic E-state index is 5.57. The summed E-state index contributed by atoms with van der Waals surface area (Å²) in [6.07, 6.45) is 4.70. The van der Waals surface area contributed by atoms with E-state index >= 15 is 0 Å². The number of hydrogen-bond acceptors (Lipinski definition) is 4. The summed E-state index contributed by atoms with van der Waals surface area (Å²) in [6, 6.07) is 8.21. The van der Waals surface area contributed by atoms with Gasteiger partial charge in [0.2, 0.25) is 11.7 Å². The molecule has 1 saturated heterocycles. The van der Waals surface area contributed by atoms with Crippen LogP contribution in [0.25, 0.3) is 10.9 Å². The van der Waals surface area contributed by atoms with Gasteiger partial charge in [-0.15, -0.1) is 0 Å². The Morgan fingerprint density at radius 1 is 1.30 bits per heavy atom. The molecular weight excluding hydrogens is 254 g/mol. The minimum Gasteiger partial charge on any atom is -0.370 e. The summed E-state index contributed by atoms with van der Waals surface area (Å²) < 4.78 is 10.9. The molecular formula is C15H15N3O2. The standard InChI is InChI=1S/C15H15N3O2/c1-2-5-12-11(4-1)10(9-16-12)8-14-17-15(18-20-14)13-6-3-7-19-13/h1-2,4-5,9,13,16H,3,6-8H2/t13-/m1/s1. The molecule has 1 aromatic carbocycles. The van der Waals surface area contributed by atoms with E-state index in [1.165, 1.54) is 10.9 Å². The zero-order chi connectivity index (χ0) is 13.4. The molecule has 1 fully saturated rings. The highest BCUT2D eigenvalue weighted by atomic mass is 16.5. The van der Waals surface area contributed by atoms with Gasteiger partial charge in [0.1, 0.15) is 6.10 Å². The largest absolute Gasteiger partial charge is 0.370 e. The van der Waals surface area contributed by atoms with Crippen molar-refractivity contribution in [1.29, 1.82) is 0 Å². The van der Waals surface area contributed by atoms with Crippen LogP contribution in [0.1, 0.15) is 36.2 Å². The van der Waals surface area contributed by atoms with Crippen molar-refractivity contribution < 1.29 is 9.26 Å². The number of nitrogens with one attached hydrogen (secondary N) is 1. The predicted molar refractivity (Wildman–Crippen MR) is 73.3 cm³/mol. The van der Waals surface area contributed by atoms with Crippen molar-refractivity contribution in [2.45, 2.75) is 25.4 Å². The Bertz CT molecular complexity index is 725. The number of para-hydroxylation sites is 1. The Hall–Kier alpha value is -2.14. The van der Waals surface area contributed by atoms with Gasteiger partial charge in [0, 0.05) is 23.7 Å². The fourth-order valence-electron chi connectivity index (χ4n) is 2.69. The van der Waals surface area contributed by atoms with E-state index in [0.717, 1.165) is 25.0 Å². The molecule has 1 N–H and O–H groups in total. The van der Waals surface area contributed by atoms with Gasteiger partial charge in [-0.05, 0) is 24.5 Å². The van der Waals surface area contributed by atoms with Crippen LogP contribution in [-0.4, -0.2) is 21.7 Å². The van der Waals surface area contributed by atoms with Gasteiger partial charge in [0.15, 0.2) is 0 Å². The smallest absolute Gasteiger partial charge is 0.231 e. The van der Waals surface area contributed by atoms with E-state index in [2.05, 4.69) is 27.3 Å². The summed E-state index contributed by atoms with van der Waals surface area (Å²) in [6.45, 7) is 0.789. The molecule has 0 radical (unpaired) electrons. The van der Waals surface area contributed by atoms with Crippen LogP contribution in [0, 0.1) is 0 Å². The van der Waals surface area contributed by atoms with E-state index < -0.39 is 0 Å². The molecule has 1 aliphatic heterocycles. The van der Waals surface area contributed by atoms with E-state index in [4.69, 9.17) is 9.26 Å². The number of nitrogens with zero attached hydrogens (tertiary/aromatic N) is 2. The Labute approximate surface area is 115 Å². The third-order valence-electron chi connectivity index (χ3n) is 3.72. The fourth-order valence-corrected chi connectivity index (χ4v) is 2.69. The topological polar surface area (TPSA) is 63.9 Å². The third-order valence-corrected chi connectivity index (χ3v) is 3.72. The van der Waals surface area contributed by atoms with Crippen molar-refractivity contribution >= 4 is 10.9 Å². The van der Waals surface area contributed by atoms with E-state index in [9.17, 15) is 0 Å². The quantitative estimate of drug-likeness (QED) is 0.794. The molecule has 4 rings (SSSR count). The molecule has 3 aromatic rings. The maximum Gasteiger partial charge on any atom is 0.231 e. The Kier molecular flexibility index (Phi) is 2.77. The highest BCUT2D eigenvalue weighted by molar-refractivity contribution is 5.83. The number of benzene rings is 1. The second kappa shape index (κ2) is 4.76. The van der Waals surface area contributed by atoms with Crippen LogP contribution in [0.2, 0.25) is 0 Å². The van der Waals surface area contributed by atoms with Crippen LogP contribution in [-0.2, 0) is 11.2 Å². The zero-order valence-corrected chi connectivity index (χ0v) is 11.0. The van der Waals surface area contributed by atoms with Crippen LogP contribution in [0.15, 0.2) is 35.0 Å². The monoisotopic (exact) mass is 269 g/mol. The van der Waals surface area contributed by atoms with Crippen molar-refractivity contribution in [2.75, 3.05) is 6.61 Å². The number of aromatic amines is 1. The lowest BCUT2D eigenvalue weighted by molar-refractivity contribution is 0.103. The van der Waals surface area contributed by atoms with Crippen molar-refractivity contribution in [2.24, 2.45) is 0 Å². The summed E-state index contributed by atoms with van der Waals surface area (Å²) in [5, 5.41) is 5.24. The average Bonchev–Trinajstić information content (AvgIpc) is 3.19. The van der Waals surface area contributed by atoms with Crippen LogP contribution >= 0.6 is 0 Å². The van der Waals surface area contributed by atoms with Crippen LogP contribution in [0.5, 0.6) is 0 Å². The highest BCUT2D eigenvalue weighted by Crippen LogP contribution is 2.27. The predicted octanol–water partition coefficient (Wildman–Crippen LogP) is 2.99. The molecule has 0 aliphatic carbocycles. The third kappa shape index (κ3) is 2.00. The molecule has 0 saturated carbocycles. The first-order valence-corrected chi connectivity index (χ1v) is 6.89. The molecule has 0 amide bonds. The second-order valence-corrected chi connectivity index (χ2v) is 5.08. The maximum atomic E-state index is 5.57. The Morgan fingerprint density at radius 2 is 2.25 bits per heavy atom. The van der Waals surface area contributed by atoms with Crippen LogP contribution in [0.3, 0.4) is 0 Å². The lowest BCUT2D eigenvalue weighted by Crippen LogP contribution is -1.98. The second-order valence-electron chi connectivity index (χ2n) is 5.08. The fraction of sp³-hybridized carbons (Fsp3) is 0.333. The zero-order valence-electron chi connectivity index (χ0n) is 11.0. The van der Waals surface area contributed by atoms with Crippen LogP contribution < -0.4 is 0 Å². The van der Waals surface area contributed by atoms with Crippen molar-refractivity contribution in [1.82, 2.24) is 15.1 Å². The number of H-pyrrole nitrogens is 1. The molecule has 0 unspecified atom stereocenters. The molecule has 0 spiro atoms. The summed E-state index contributed by atoms with van der Waals surface area (Å²) in [5.41, 5.74) is 2.30. The van der Waals surface area contributed by atoms with Gasteiger partial charge in [0.25, 0.3) is 0 Å². The van der Waals surface area contributed by atoms with E-state index in [-0.39, 0.29) is 6.10 Å². The Morgan fingerprint density at radius 3 is 3.15 bits per heavy atom. The number of fused-ring (bicyclic) bond motifs is 1. The summed E-state index contributed by atoms with van der Waals surface area (Å²) in [4.78, 5) is 7.71. The van der Waals surface area contributed by atoms with Gasteiger partial charge in [0.05, 0.1) is 6.42 Å². The number of ether oxygens (including phenoxy) is 1. The molecule has 2 aromatic heterocycles. The molecule has 5 heteroatoms. The first-order chi connectivity index (χ1) is 9.90. The minimum atomic E-state index is 0.00969. The highest BCUT2D eigenvalue weighted by Gasteiger charge is 2.23. The lowest BCUT2D eigenvalue weighted by Gasteiger charge is -2.00. The average molecular weight is 269 g/mol. The van der Waals surface area contributed by atoms with Gasteiger partial charge in [-0.25, -0.2) is 0 Å². The molecule has 3 heterocycles. The number of hydrogen-bond donors (Lipinski definition) is 1. The molecule has 102 valence electrons. The van der Waals surface area contributed by atoms with Crippen molar-refractivity contribution in [3.63, 3.8) is 0 Å². The normalized spacial score (nSPS) is 18.9. The van der Waals surface area contributed by atoms with Gasteiger partial charge in [-0.2, -0.15) is 4.98 Å². The van der Waals surface area contributed by atoms with Gasteiger partial charge in [-0.3, -0.25) is 0 Å². The molecule has 5 nitrogen and oxygen atoms in total. The summed E-state index contributed by atoms with van der Waals surface area (Å²) in [7, 11) is 0. The van der Waals surface area contributed by atoms with Crippen molar-refractivity contribution in [3.05, 3.63) is 47.7 Å². The number of aromatic nitrogens is 3. The first kappa shape index (κ1) is 11.7. The van der Waals surface area contributed by atoms with Crippen molar-refractivity contribution in [3.8, 4) is 0 Å².